The maximum atomic E-state index is 3.36. The molecule has 0 saturated carbocycles. The molecule has 0 radical (unpaired) electrons. The number of fused-ring (bicyclic) bond motifs is 1. The van der Waals surface area contributed by atoms with E-state index in [1.54, 1.807) is 6.08 Å². The summed E-state index contributed by atoms with van der Waals surface area (Å²) in [5, 5.41) is 2.61. The van der Waals surface area contributed by atoms with E-state index in [1.807, 2.05) is 34.6 Å². The fraction of sp³-hybridized carbons (Fsp3) is 0.200. The molecule has 1 aliphatic rings. The van der Waals surface area contributed by atoms with Gasteiger partial charge in [0.1, 0.15) is 0 Å². The van der Waals surface area contributed by atoms with Crippen molar-refractivity contribution in [1.29, 1.82) is 0 Å². The average Bonchev–Trinajstić information content (AvgIpc) is 3.47. The second kappa shape index (κ2) is 22.5. The van der Waals surface area contributed by atoms with Gasteiger partial charge in [0.15, 0.2) is 0 Å². The highest BCUT2D eigenvalue weighted by Gasteiger charge is 2.15. The first-order valence-electron chi connectivity index (χ1n) is 20.0. The van der Waals surface area contributed by atoms with E-state index in [4.69, 9.17) is 0 Å². The topological polar surface area (TPSA) is 0 Å². The Hall–Kier alpha value is -5.72. The van der Waals surface area contributed by atoms with Crippen molar-refractivity contribution in [2.24, 2.45) is 0 Å². The summed E-state index contributed by atoms with van der Waals surface area (Å²) < 4.78 is 0. The SMILES string of the molecule is C=C.C=CC.CC.CC.CCc1c(C)cc2ccccc2c1-c1cc(-c2ccc(C3=CCC=C(C)C=C3)cc2)cc(-c2ccc(-c3ccc(C)cc3)cc2)c1. The van der Waals surface area contributed by atoms with Crippen molar-refractivity contribution in [3.8, 4) is 44.5 Å². The van der Waals surface area contributed by atoms with E-state index < -0.39 is 0 Å². The first-order chi connectivity index (χ1) is 26.9. The number of aryl methyl sites for hydroxylation is 2. The monoisotopic (exact) mass is 722 g/mol. The predicted octanol–water partition coefficient (Wildman–Crippen LogP) is 17.0. The van der Waals surface area contributed by atoms with Crippen molar-refractivity contribution in [1.82, 2.24) is 0 Å². The lowest BCUT2D eigenvalue weighted by molar-refractivity contribution is 1.12. The largest absolute Gasteiger partial charge is 0.106 e. The molecule has 6 aromatic rings. The molecule has 0 nitrogen and oxygen atoms in total. The molecule has 6 aromatic carbocycles. The zero-order valence-corrected chi connectivity index (χ0v) is 35.0. The quantitative estimate of drug-likeness (QED) is 0.150. The van der Waals surface area contributed by atoms with Gasteiger partial charge in [-0.3, -0.25) is 0 Å². The van der Waals surface area contributed by atoms with Crippen LogP contribution in [0.1, 0.15) is 77.1 Å². The van der Waals surface area contributed by atoms with Gasteiger partial charge in [0.2, 0.25) is 0 Å². The van der Waals surface area contributed by atoms with Gasteiger partial charge in [0.25, 0.3) is 0 Å². The number of rotatable bonds is 6. The number of allylic oxidation sites excluding steroid dienone is 7. The van der Waals surface area contributed by atoms with Crippen molar-refractivity contribution < 1.29 is 0 Å². The van der Waals surface area contributed by atoms with E-state index in [9.17, 15) is 0 Å². The summed E-state index contributed by atoms with van der Waals surface area (Å²) in [6, 6.07) is 45.3. The predicted molar refractivity (Wildman–Crippen MR) is 250 cm³/mol. The number of benzene rings is 6. The summed E-state index contributed by atoms with van der Waals surface area (Å²) in [7, 11) is 0. The van der Waals surface area contributed by atoms with E-state index in [2.05, 4.69) is 193 Å². The zero-order valence-electron chi connectivity index (χ0n) is 35.0. The van der Waals surface area contributed by atoms with Gasteiger partial charge >= 0.3 is 0 Å². The Bertz CT molecular complexity index is 2200. The third kappa shape index (κ3) is 11.2. The minimum Gasteiger partial charge on any atom is -0.106 e. The van der Waals surface area contributed by atoms with Crippen LogP contribution in [0, 0.1) is 13.8 Å². The first kappa shape index (κ1) is 43.7. The van der Waals surface area contributed by atoms with Gasteiger partial charge in [-0.1, -0.05) is 179 Å². The van der Waals surface area contributed by atoms with Crippen molar-refractivity contribution in [2.45, 2.75) is 75.2 Å². The Labute approximate surface area is 334 Å². The van der Waals surface area contributed by atoms with Crippen LogP contribution in [0.25, 0.3) is 60.9 Å². The van der Waals surface area contributed by atoms with Crippen LogP contribution in [0.4, 0.5) is 0 Å². The van der Waals surface area contributed by atoms with E-state index >= 15 is 0 Å². The molecule has 0 atom stereocenters. The van der Waals surface area contributed by atoms with Crippen LogP contribution in [0.5, 0.6) is 0 Å². The molecule has 0 unspecified atom stereocenters. The van der Waals surface area contributed by atoms with Crippen LogP contribution < -0.4 is 0 Å². The standard InChI is InChI=1S/C46H40.C3H6.2C2H6.C2H4/c1-5-44-33(4)27-40-10-6-7-12-45(40)46(44)43-29-41(38-23-19-36(20-24-38)34-11-8-9-31(2)13-16-34)28-42(30-43)39-25-21-37(22-26-39)35-17-14-32(3)15-18-35;1-3-2;3*1-2/h6-7,9-30H,5,8H2,1-4H3;3H,1H2,2H3;2*1-2H3;1-2H2. The van der Waals surface area contributed by atoms with Gasteiger partial charge in [0, 0.05) is 0 Å². The highest BCUT2D eigenvalue weighted by molar-refractivity contribution is 6.00. The molecule has 0 saturated heterocycles. The molecule has 0 aliphatic heterocycles. The van der Waals surface area contributed by atoms with Crippen LogP contribution in [0.3, 0.4) is 0 Å². The second-order valence-corrected chi connectivity index (χ2v) is 13.0. The minimum atomic E-state index is 0.967. The van der Waals surface area contributed by atoms with Crippen molar-refractivity contribution in [3.05, 3.63) is 199 Å². The zero-order chi connectivity index (χ0) is 40.3. The third-order valence-corrected chi connectivity index (χ3v) is 9.41. The first-order valence-corrected chi connectivity index (χ1v) is 20.0. The lowest BCUT2D eigenvalue weighted by atomic mass is 9.86. The third-order valence-electron chi connectivity index (χ3n) is 9.41. The fourth-order valence-corrected chi connectivity index (χ4v) is 6.82. The van der Waals surface area contributed by atoms with Crippen LogP contribution in [-0.4, -0.2) is 0 Å². The smallest absolute Gasteiger partial charge is 0.00703 e. The van der Waals surface area contributed by atoms with Gasteiger partial charge in [-0.25, -0.2) is 0 Å². The van der Waals surface area contributed by atoms with Crippen LogP contribution in [-0.2, 0) is 6.42 Å². The Morgan fingerprint density at radius 2 is 1.00 bits per heavy atom. The average molecular weight is 723 g/mol. The maximum absolute atomic E-state index is 3.36. The molecule has 7 rings (SSSR count). The molecule has 1 aliphatic carbocycles. The Balaban J connectivity index is 0.000000837. The lowest BCUT2D eigenvalue weighted by Gasteiger charge is -2.18. The molecule has 282 valence electrons. The van der Waals surface area contributed by atoms with Crippen LogP contribution in [0.2, 0.25) is 0 Å². The number of hydrogen-bond acceptors (Lipinski definition) is 0. The molecule has 0 heterocycles. The summed E-state index contributed by atoms with van der Waals surface area (Å²) in [4.78, 5) is 0. The van der Waals surface area contributed by atoms with Crippen molar-refractivity contribution in [3.63, 3.8) is 0 Å². The summed E-state index contributed by atoms with van der Waals surface area (Å²) in [5.74, 6) is 0. The van der Waals surface area contributed by atoms with E-state index in [0.29, 0.717) is 0 Å². The van der Waals surface area contributed by atoms with Crippen LogP contribution >= 0.6 is 0 Å². The molecule has 0 spiro atoms. The summed E-state index contributed by atoms with van der Waals surface area (Å²) in [5.41, 5.74) is 17.9. The van der Waals surface area contributed by atoms with Crippen molar-refractivity contribution in [2.75, 3.05) is 0 Å². The summed E-state index contributed by atoms with van der Waals surface area (Å²) in [6.45, 7) is 28.1. The molecule has 0 bridgehead atoms. The maximum Gasteiger partial charge on any atom is -0.00703 e. The molecule has 0 heteroatoms. The van der Waals surface area contributed by atoms with Crippen LogP contribution in [0.15, 0.2) is 177 Å². The highest BCUT2D eigenvalue weighted by Crippen LogP contribution is 2.40. The normalized spacial score (nSPS) is 11.4. The second-order valence-electron chi connectivity index (χ2n) is 13.0. The molecule has 0 amide bonds. The Morgan fingerprint density at radius 1 is 0.545 bits per heavy atom. The van der Waals surface area contributed by atoms with Gasteiger partial charge in [-0.05, 0) is 136 Å². The lowest BCUT2D eigenvalue weighted by Crippen LogP contribution is -1.95. The Kier molecular flexibility index (Phi) is 17.9. The van der Waals surface area contributed by atoms with Gasteiger partial charge in [-0.2, -0.15) is 0 Å². The molecular formula is C55H62. The molecule has 0 aromatic heterocycles. The van der Waals surface area contributed by atoms with E-state index in [0.717, 1.165) is 12.8 Å². The van der Waals surface area contributed by atoms with E-state index in [1.165, 1.54) is 88.7 Å². The fourth-order valence-electron chi connectivity index (χ4n) is 6.82. The summed E-state index contributed by atoms with van der Waals surface area (Å²) in [6.07, 6.45) is 12.7. The van der Waals surface area contributed by atoms with Gasteiger partial charge < -0.3 is 0 Å². The molecule has 0 fully saturated rings. The van der Waals surface area contributed by atoms with Gasteiger partial charge in [0.05, 0.1) is 0 Å². The highest BCUT2D eigenvalue weighted by atomic mass is 14.2. The molecule has 0 N–H and O–H groups in total. The molecule has 55 heavy (non-hydrogen) atoms. The number of hydrogen-bond donors (Lipinski definition) is 0. The van der Waals surface area contributed by atoms with Gasteiger partial charge in [-0.15, -0.1) is 19.7 Å². The Morgan fingerprint density at radius 3 is 1.53 bits per heavy atom. The summed E-state index contributed by atoms with van der Waals surface area (Å²) >= 11 is 0. The van der Waals surface area contributed by atoms with Crippen molar-refractivity contribution >= 4 is 16.3 Å². The minimum absolute atomic E-state index is 0.967. The molecular weight excluding hydrogens is 661 g/mol. The van der Waals surface area contributed by atoms with E-state index in [-0.39, 0.29) is 0 Å².